The fourth-order valence-corrected chi connectivity index (χ4v) is 6.51. The number of rotatable bonds is 10. The second-order valence-corrected chi connectivity index (χ2v) is 12.9. The van der Waals surface area contributed by atoms with Gasteiger partial charge in [-0.15, -0.1) is 0 Å². The van der Waals surface area contributed by atoms with Crippen LogP contribution in [-0.2, 0) is 9.47 Å². The highest BCUT2D eigenvalue weighted by atomic mass is 79.9. The minimum atomic E-state index is -0.527. The summed E-state index contributed by atoms with van der Waals surface area (Å²) in [7, 11) is 0. The van der Waals surface area contributed by atoms with Crippen molar-refractivity contribution in [3.8, 4) is 11.5 Å². The van der Waals surface area contributed by atoms with Gasteiger partial charge >= 0.3 is 11.9 Å². The highest BCUT2D eigenvalue weighted by Crippen LogP contribution is 2.44. The molecule has 7 aromatic rings. The lowest BCUT2D eigenvalue weighted by molar-refractivity contribution is 0.0224. The van der Waals surface area contributed by atoms with Crippen LogP contribution in [0.5, 0.6) is 11.5 Å². The van der Waals surface area contributed by atoms with Gasteiger partial charge in [0.2, 0.25) is 0 Å². The highest BCUT2D eigenvalue weighted by Gasteiger charge is 2.21. The van der Waals surface area contributed by atoms with Crippen LogP contribution in [0.15, 0.2) is 132 Å². The van der Waals surface area contributed by atoms with Gasteiger partial charge in [0, 0.05) is 26.0 Å². The van der Waals surface area contributed by atoms with E-state index in [1.54, 1.807) is 12.1 Å². The summed E-state index contributed by atoms with van der Waals surface area (Å²) in [5, 5.41) is 7.00. The Morgan fingerprint density at radius 1 is 0.510 bits per heavy atom. The van der Waals surface area contributed by atoms with Crippen LogP contribution in [0.1, 0.15) is 34.6 Å². The van der Waals surface area contributed by atoms with Crippen molar-refractivity contribution >= 4 is 71.0 Å². The summed E-state index contributed by atoms with van der Waals surface area (Å²) in [5.74, 6) is 0.520. The second-order valence-electron chi connectivity index (χ2n) is 12.0. The van der Waals surface area contributed by atoms with Gasteiger partial charge in [0.25, 0.3) is 0 Å². The topological polar surface area (TPSA) is 71.1 Å². The van der Waals surface area contributed by atoms with Gasteiger partial charge in [-0.3, -0.25) is 0 Å². The van der Waals surface area contributed by atoms with Crippen molar-refractivity contribution in [2.24, 2.45) is 0 Å². The van der Waals surface area contributed by atoms with Gasteiger partial charge in [0.1, 0.15) is 36.9 Å². The maximum Gasteiger partial charge on any atom is 0.339 e. The Morgan fingerprint density at radius 2 is 0.918 bits per heavy atom. The number of hydrogen-bond donors (Lipinski definition) is 0. The number of carbonyl (C=O) groups excluding carboxylic acids is 2. The molecule has 6 nitrogen and oxygen atoms in total. The number of ether oxygens (including phenoxy) is 4. The van der Waals surface area contributed by atoms with E-state index >= 15 is 0 Å². The molecule has 7 aromatic carbocycles. The smallest absolute Gasteiger partial charge is 0.339 e. The van der Waals surface area contributed by atoms with Gasteiger partial charge in [0.05, 0.1) is 11.1 Å². The van der Waals surface area contributed by atoms with Gasteiger partial charge in [-0.2, -0.15) is 0 Å². The lowest BCUT2D eigenvalue weighted by Crippen LogP contribution is -2.23. The molecule has 2 atom stereocenters. The molecule has 0 fully saturated rings. The van der Waals surface area contributed by atoms with E-state index in [9.17, 15) is 9.59 Å². The number of halogens is 1. The molecule has 0 heterocycles. The van der Waals surface area contributed by atoms with Crippen LogP contribution in [-0.4, -0.2) is 37.4 Å². The Hall–Kier alpha value is -5.40. The zero-order valence-electron chi connectivity index (χ0n) is 27.0. The van der Waals surface area contributed by atoms with Gasteiger partial charge in [-0.1, -0.05) is 113 Å². The van der Waals surface area contributed by atoms with Crippen LogP contribution in [0.25, 0.3) is 43.1 Å². The Kier molecular flexibility index (Phi) is 9.18. The monoisotopic (exact) mass is 712 g/mol. The minimum Gasteiger partial charge on any atom is -0.488 e. The molecule has 0 aliphatic heterocycles. The third kappa shape index (κ3) is 6.67. The average Bonchev–Trinajstić information content (AvgIpc) is 3.12. The molecule has 7 heteroatoms. The van der Waals surface area contributed by atoms with E-state index in [1.807, 2.05) is 129 Å². The number of benzene rings is 7. The molecule has 0 saturated heterocycles. The molecule has 244 valence electrons. The van der Waals surface area contributed by atoms with Crippen molar-refractivity contribution in [3.05, 3.63) is 143 Å². The maximum absolute atomic E-state index is 13.2. The summed E-state index contributed by atoms with van der Waals surface area (Å²) in [6, 6.07) is 40.5. The molecule has 0 aromatic heterocycles. The molecular formula is C42H33BrO6. The molecule has 0 saturated carbocycles. The quantitative estimate of drug-likeness (QED) is 0.104. The molecule has 0 aliphatic carbocycles. The summed E-state index contributed by atoms with van der Waals surface area (Å²) in [4.78, 5) is 26.4. The first kappa shape index (κ1) is 32.2. The van der Waals surface area contributed by atoms with Crippen LogP contribution >= 0.6 is 15.9 Å². The largest absolute Gasteiger partial charge is 0.488 e. The number of fused-ring (bicyclic) bond motifs is 4. The Labute approximate surface area is 292 Å². The van der Waals surface area contributed by atoms with E-state index in [1.165, 1.54) is 0 Å². The predicted octanol–water partition coefficient (Wildman–Crippen LogP) is 10.3. The first-order valence-corrected chi connectivity index (χ1v) is 16.9. The molecular weight excluding hydrogens is 680 g/mol. The van der Waals surface area contributed by atoms with E-state index in [2.05, 4.69) is 15.9 Å². The molecule has 0 N–H and O–H groups in total. The van der Waals surface area contributed by atoms with E-state index in [-0.39, 0.29) is 13.2 Å². The third-order valence-electron chi connectivity index (χ3n) is 8.45. The molecule has 2 unspecified atom stereocenters. The van der Waals surface area contributed by atoms with E-state index in [0.717, 1.165) is 47.6 Å². The second kappa shape index (κ2) is 14.0. The van der Waals surface area contributed by atoms with E-state index in [0.29, 0.717) is 22.6 Å². The predicted molar refractivity (Wildman–Crippen MR) is 198 cm³/mol. The minimum absolute atomic E-state index is 0.142. The van der Waals surface area contributed by atoms with Crippen LogP contribution in [0.4, 0.5) is 0 Å². The first-order chi connectivity index (χ1) is 23.9. The number of hydrogen-bond acceptors (Lipinski definition) is 6. The van der Waals surface area contributed by atoms with Crippen molar-refractivity contribution in [2.75, 3.05) is 13.2 Å². The standard InChI is InChI=1S/C42H33BrO6/c1-26(48-41(44)36-19-9-13-28-11-3-5-15-31(28)36)24-46-39-33-17-7-8-18-34(33)40(38-23-30(43)21-22-35(38)39)47-25-27(2)49-42(45)37-20-10-14-29-12-4-6-16-32(29)37/h3-23,26-27H,24-25H2,1-2H3. The van der Waals surface area contributed by atoms with Crippen molar-refractivity contribution in [1.82, 2.24) is 0 Å². The highest BCUT2D eigenvalue weighted by molar-refractivity contribution is 9.10. The summed E-state index contributed by atoms with van der Waals surface area (Å²) in [6.07, 6.45) is -1.05. The van der Waals surface area contributed by atoms with Crippen molar-refractivity contribution < 1.29 is 28.5 Å². The molecule has 0 radical (unpaired) electrons. The van der Waals surface area contributed by atoms with Crippen LogP contribution in [0, 0.1) is 0 Å². The van der Waals surface area contributed by atoms with Crippen molar-refractivity contribution in [2.45, 2.75) is 26.1 Å². The molecule has 0 aliphatic rings. The van der Waals surface area contributed by atoms with Crippen LogP contribution in [0.2, 0.25) is 0 Å². The molecule has 49 heavy (non-hydrogen) atoms. The summed E-state index contributed by atoms with van der Waals surface area (Å²) in [6.45, 7) is 3.93. The Bertz CT molecular complexity index is 2340. The summed E-state index contributed by atoms with van der Waals surface area (Å²) >= 11 is 3.62. The average molecular weight is 714 g/mol. The summed E-state index contributed by atoms with van der Waals surface area (Å²) in [5.41, 5.74) is 1.03. The van der Waals surface area contributed by atoms with E-state index < -0.39 is 24.1 Å². The van der Waals surface area contributed by atoms with Gasteiger partial charge in [-0.25, -0.2) is 9.59 Å². The molecule has 0 amide bonds. The van der Waals surface area contributed by atoms with Gasteiger partial charge < -0.3 is 18.9 Å². The molecule has 0 spiro atoms. The lowest BCUT2D eigenvalue weighted by Gasteiger charge is -2.21. The molecule has 7 rings (SSSR count). The van der Waals surface area contributed by atoms with Gasteiger partial charge in [0.15, 0.2) is 0 Å². The Morgan fingerprint density at radius 3 is 1.43 bits per heavy atom. The zero-order valence-corrected chi connectivity index (χ0v) is 28.6. The summed E-state index contributed by atoms with van der Waals surface area (Å²) < 4.78 is 25.5. The van der Waals surface area contributed by atoms with E-state index in [4.69, 9.17) is 18.9 Å². The third-order valence-corrected chi connectivity index (χ3v) is 8.94. The Balaban J connectivity index is 1.11. The van der Waals surface area contributed by atoms with Crippen LogP contribution in [0.3, 0.4) is 0 Å². The fraction of sp³-hybridized carbons (Fsp3) is 0.143. The van der Waals surface area contributed by atoms with Gasteiger partial charge in [-0.05, 0) is 65.7 Å². The number of carbonyl (C=O) groups is 2. The van der Waals surface area contributed by atoms with Crippen molar-refractivity contribution in [3.63, 3.8) is 0 Å². The SMILES string of the molecule is CC(COc1c2ccccc2c(OCC(C)OC(=O)c2cccc3ccccc23)c2cc(Br)ccc12)OC(=O)c1cccc2ccccc12. The normalized spacial score (nSPS) is 12.6. The fourth-order valence-electron chi connectivity index (χ4n) is 6.15. The number of esters is 2. The maximum atomic E-state index is 13.2. The first-order valence-electron chi connectivity index (χ1n) is 16.1. The van der Waals surface area contributed by atoms with Crippen LogP contribution < -0.4 is 9.47 Å². The zero-order chi connectivity index (χ0) is 33.9. The molecule has 0 bridgehead atoms. The lowest BCUT2D eigenvalue weighted by atomic mass is 10.0. The van der Waals surface area contributed by atoms with Crippen molar-refractivity contribution in [1.29, 1.82) is 0 Å².